The minimum absolute atomic E-state index is 0.0318. The molecule has 1 aromatic heterocycles. The molecule has 0 aliphatic carbocycles. The molecule has 1 N–H and O–H groups in total. The second kappa shape index (κ2) is 8.00. The van der Waals surface area contributed by atoms with Crippen LogP contribution in [0.5, 0.6) is 5.75 Å². The molecule has 2 aromatic carbocycles. The van der Waals surface area contributed by atoms with Gasteiger partial charge in [-0.05, 0) is 42.5 Å². The molecule has 0 radical (unpaired) electrons. The number of carbonyl (C=O) groups excluding carboxylic acids is 2. The van der Waals surface area contributed by atoms with E-state index >= 15 is 0 Å². The zero-order valence-corrected chi connectivity index (χ0v) is 16.7. The van der Waals surface area contributed by atoms with E-state index in [-0.39, 0.29) is 11.3 Å². The number of Topliss-reactive ketones (excluding diaryl/α,β-unsaturated/α-hetero) is 1. The lowest BCUT2D eigenvalue weighted by Crippen LogP contribution is -2.29. The van der Waals surface area contributed by atoms with Crippen molar-refractivity contribution in [2.45, 2.75) is 6.04 Å². The zero-order chi connectivity index (χ0) is 21.3. The van der Waals surface area contributed by atoms with E-state index in [1.54, 1.807) is 66.9 Å². The van der Waals surface area contributed by atoms with Crippen molar-refractivity contribution in [3.8, 4) is 5.75 Å². The summed E-state index contributed by atoms with van der Waals surface area (Å²) in [4.78, 5) is 31.5. The number of halogens is 1. The number of hydrogen-bond acceptors (Lipinski definition) is 5. The summed E-state index contributed by atoms with van der Waals surface area (Å²) in [5.41, 5.74) is 1.35. The summed E-state index contributed by atoms with van der Waals surface area (Å²) in [6, 6.07) is 15.9. The summed E-state index contributed by atoms with van der Waals surface area (Å²) < 4.78 is 5.48. The Kier molecular flexibility index (Phi) is 5.25. The molecule has 1 fully saturated rings. The van der Waals surface area contributed by atoms with Crippen molar-refractivity contribution in [2.24, 2.45) is 0 Å². The molecule has 0 spiro atoms. The molecule has 2 heterocycles. The maximum atomic E-state index is 13.1. The van der Waals surface area contributed by atoms with Crippen LogP contribution in [0.25, 0.3) is 5.76 Å². The van der Waals surface area contributed by atoms with Gasteiger partial charge in [-0.15, -0.1) is 0 Å². The van der Waals surface area contributed by atoms with E-state index in [9.17, 15) is 14.7 Å². The number of nitrogens with zero attached hydrogens (tertiary/aromatic N) is 2. The molecule has 30 heavy (non-hydrogen) atoms. The summed E-state index contributed by atoms with van der Waals surface area (Å²) in [6.45, 7) is 0. The number of ketones is 1. The van der Waals surface area contributed by atoms with Gasteiger partial charge in [0.15, 0.2) is 0 Å². The lowest BCUT2D eigenvalue weighted by Gasteiger charge is -2.26. The van der Waals surface area contributed by atoms with E-state index in [4.69, 9.17) is 16.3 Å². The molecule has 4 rings (SSSR count). The highest BCUT2D eigenvalue weighted by molar-refractivity contribution is 6.51. The summed E-state index contributed by atoms with van der Waals surface area (Å²) >= 11 is 5.94. The maximum absolute atomic E-state index is 13.1. The minimum Gasteiger partial charge on any atom is -0.507 e. The molecule has 0 bridgehead atoms. The third-order valence-corrected chi connectivity index (χ3v) is 5.17. The van der Waals surface area contributed by atoms with Gasteiger partial charge in [0, 0.05) is 22.3 Å². The van der Waals surface area contributed by atoms with Crippen LogP contribution in [-0.2, 0) is 9.59 Å². The SMILES string of the molecule is COc1ccccc1C1/C(=C(\O)c2ccc(Cl)cc2)C(=O)C(=O)N1c1cccnc1. The van der Waals surface area contributed by atoms with Gasteiger partial charge in [-0.25, -0.2) is 0 Å². The third kappa shape index (κ3) is 3.31. The molecule has 1 saturated heterocycles. The van der Waals surface area contributed by atoms with Crippen molar-refractivity contribution in [3.05, 3.63) is 94.8 Å². The van der Waals surface area contributed by atoms with Gasteiger partial charge >= 0.3 is 0 Å². The lowest BCUT2D eigenvalue weighted by atomic mass is 9.94. The fraction of sp³-hybridized carbons (Fsp3) is 0.0870. The number of aromatic nitrogens is 1. The van der Waals surface area contributed by atoms with Crippen LogP contribution >= 0.6 is 11.6 Å². The van der Waals surface area contributed by atoms with Crippen molar-refractivity contribution < 1.29 is 19.4 Å². The predicted octanol–water partition coefficient (Wildman–Crippen LogP) is 4.37. The van der Waals surface area contributed by atoms with Crippen molar-refractivity contribution in [1.82, 2.24) is 4.98 Å². The van der Waals surface area contributed by atoms with Crippen LogP contribution in [0.15, 0.2) is 78.6 Å². The smallest absolute Gasteiger partial charge is 0.300 e. The summed E-state index contributed by atoms with van der Waals surface area (Å²) in [5.74, 6) is -1.34. The number of amides is 1. The normalized spacial score (nSPS) is 17.9. The number of pyridine rings is 1. The van der Waals surface area contributed by atoms with Gasteiger partial charge in [-0.2, -0.15) is 0 Å². The van der Waals surface area contributed by atoms with Crippen LogP contribution in [-0.4, -0.2) is 28.9 Å². The number of aliphatic hydroxyl groups is 1. The van der Waals surface area contributed by atoms with E-state index < -0.39 is 17.7 Å². The van der Waals surface area contributed by atoms with Gasteiger partial charge < -0.3 is 9.84 Å². The number of hydrogen-bond donors (Lipinski definition) is 1. The molecular weight excluding hydrogens is 404 g/mol. The Hall–Kier alpha value is -3.64. The summed E-state index contributed by atoms with van der Waals surface area (Å²) in [6.07, 6.45) is 3.07. The van der Waals surface area contributed by atoms with Crippen molar-refractivity contribution in [2.75, 3.05) is 12.0 Å². The number of para-hydroxylation sites is 1. The van der Waals surface area contributed by atoms with Crippen molar-refractivity contribution >= 4 is 34.7 Å². The average Bonchev–Trinajstić information content (AvgIpc) is 3.04. The van der Waals surface area contributed by atoms with Gasteiger partial charge in [0.2, 0.25) is 0 Å². The predicted molar refractivity (Wildman–Crippen MR) is 113 cm³/mol. The number of aliphatic hydroxyl groups excluding tert-OH is 1. The molecule has 150 valence electrons. The quantitative estimate of drug-likeness (QED) is 0.385. The topological polar surface area (TPSA) is 79.7 Å². The van der Waals surface area contributed by atoms with E-state index in [0.29, 0.717) is 27.6 Å². The fourth-order valence-electron chi connectivity index (χ4n) is 3.54. The first-order valence-electron chi connectivity index (χ1n) is 9.13. The van der Waals surface area contributed by atoms with Gasteiger partial charge in [0.25, 0.3) is 11.7 Å². The molecule has 1 amide bonds. The van der Waals surface area contributed by atoms with Crippen LogP contribution < -0.4 is 9.64 Å². The number of ether oxygens (including phenoxy) is 1. The van der Waals surface area contributed by atoms with E-state index in [0.717, 1.165) is 0 Å². The van der Waals surface area contributed by atoms with Crippen LogP contribution in [0.2, 0.25) is 5.02 Å². The Labute approximate surface area is 178 Å². The van der Waals surface area contributed by atoms with Crippen molar-refractivity contribution in [3.63, 3.8) is 0 Å². The first kappa shape index (κ1) is 19.7. The highest BCUT2D eigenvalue weighted by Crippen LogP contribution is 2.44. The first-order valence-corrected chi connectivity index (χ1v) is 9.50. The van der Waals surface area contributed by atoms with Crippen LogP contribution in [0.3, 0.4) is 0 Å². The van der Waals surface area contributed by atoms with Crippen LogP contribution in [0, 0.1) is 0 Å². The van der Waals surface area contributed by atoms with E-state index in [1.165, 1.54) is 18.2 Å². The van der Waals surface area contributed by atoms with Crippen molar-refractivity contribution in [1.29, 1.82) is 0 Å². The summed E-state index contributed by atoms with van der Waals surface area (Å²) in [5, 5.41) is 11.5. The standard InChI is InChI=1S/C23H17ClN2O4/c1-30-18-7-3-2-6-17(18)20-19(21(27)14-8-10-15(24)11-9-14)22(28)23(29)26(20)16-5-4-12-25-13-16/h2-13,20,27H,1H3/b21-19+. The molecular formula is C23H17ClN2O4. The number of benzene rings is 2. The molecule has 6 nitrogen and oxygen atoms in total. The number of methoxy groups -OCH3 is 1. The third-order valence-electron chi connectivity index (χ3n) is 4.92. The first-order chi connectivity index (χ1) is 14.5. The fourth-order valence-corrected chi connectivity index (χ4v) is 3.67. The van der Waals surface area contributed by atoms with Crippen LogP contribution in [0.4, 0.5) is 5.69 Å². The Morgan fingerprint density at radius 1 is 1.07 bits per heavy atom. The second-order valence-electron chi connectivity index (χ2n) is 6.63. The Balaban J connectivity index is 1.98. The molecule has 1 atom stereocenters. The van der Waals surface area contributed by atoms with Gasteiger partial charge in [0.05, 0.1) is 30.6 Å². The molecule has 7 heteroatoms. The number of carbonyl (C=O) groups is 2. The van der Waals surface area contributed by atoms with Gasteiger partial charge in [-0.1, -0.05) is 29.8 Å². The largest absolute Gasteiger partial charge is 0.507 e. The van der Waals surface area contributed by atoms with Gasteiger partial charge in [0.1, 0.15) is 11.5 Å². The minimum atomic E-state index is -0.888. The molecule has 0 saturated carbocycles. The average molecular weight is 421 g/mol. The zero-order valence-electron chi connectivity index (χ0n) is 15.9. The second-order valence-corrected chi connectivity index (χ2v) is 7.07. The molecule has 1 aliphatic rings. The monoisotopic (exact) mass is 420 g/mol. The number of rotatable bonds is 4. The van der Waals surface area contributed by atoms with Crippen LogP contribution in [0.1, 0.15) is 17.2 Å². The molecule has 3 aromatic rings. The Bertz CT molecular complexity index is 1140. The van der Waals surface area contributed by atoms with Gasteiger partial charge in [-0.3, -0.25) is 19.5 Å². The molecule has 1 aliphatic heterocycles. The van der Waals surface area contributed by atoms with E-state index in [2.05, 4.69) is 4.98 Å². The maximum Gasteiger partial charge on any atom is 0.300 e. The molecule has 1 unspecified atom stereocenters. The lowest BCUT2D eigenvalue weighted by molar-refractivity contribution is -0.132. The Morgan fingerprint density at radius 3 is 2.47 bits per heavy atom. The number of anilines is 1. The summed E-state index contributed by atoms with van der Waals surface area (Å²) in [7, 11) is 1.51. The van der Waals surface area contributed by atoms with E-state index in [1.807, 2.05) is 0 Å². The highest BCUT2D eigenvalue weighted by atomic mass is 35.5. The Morgan fingerprint density at radius 2 is 1.80 bits per heavy atom. The highest BCUT2D eigenvalue weighted by Gasteiger charge is 2.47.